The van der Waals surface area contributed by atoms with E-state index in [0.29, 0.717) is 70.2 Å². The van der Waals surface area contributed by atoms with E-state index in [-0.39, 0.29) is 35.7 Å². The molecule has 346 valence electrons. The van der Waals surface area contributed by atoms with Crippen LogP contribution in [0.25, 0.3) is 44.7 Å². The van der Waals surface area contributed by atoms with Gasteiger partial charge in [0.2, 0.25) is 18.0 Å². The molecule has 3 aliphatic heterocycles. The van der Waals surface area contributed by atoms with Crippen molar-refractivity contribution in [1.29, 1.82) is 0 Å². The van der Waals surface area contributed by atoms with Crippen molar-refractivity contribution in [2.45, 2.75) is 83.8 Å². The summed E-state index contributed by atoms with van der Waals surface area (Å²) in [5, 5.41) is 6.21. The van der Waals surface area contributed by atoms with Crippen molar-refractivity contribution in [3.63, 3.8) is 0 Å². The number of hydrogen-bond donors (Lipinski definition) is 4. The zero-order chi connectivity index (χ0) is 46.6. The molecule has 0 radical (unpaired) electrons. The van der Waals surface area contributed by atoms with Gasteiger partial charge in [0, 0.05) is 29.6 Å². The molecule has 6 aromatic rings. The van der Waals surface area contributed by atoms with Crippen molar-refractivity contribution in [1.82, 2.24) is 44.9 Å². The van der Waals surface area contributed by atoms with Gasteiger partial charge in [0.05, 0.1) is 76.1 Å². The molecule has 2 saturated heterocycles. The fraction of sp³-hybridized carbons (Fsp3) is 0.404. The van der Waals surface area contributed by atoms with Gasteiger partial charge in [-0.15, -0.1) is 11.3 Å². The number of ether oxygens (including phenoxy) is 3. The van der Waals surface area contributed by atoms with E-state index in [9.17, 15) is 19.2 Å². The molecule has 5 atom stereocenters. The third-order valence-corrected chi connectivity index (χ3v) is 14.0. The van der Waals surface area contributed by atoms with Crippen LogP contribution in [0.1, 0.15) is 88.2 Å². The van der Waals surface area contributed by atoms with Crippen LogP contribution in [0.15, 0.2) is 60.9 Å². The van der Waals surface area contributed by atoms with Gasteiger partial charge >= 0.3 is 12.2 Å². The van der Waals surface area contributed by atoms with Crippen LogP contribution in [-0.4, -0.2) is 97.7 Å². The summed E-state index contributed by atoms with van der Waals surface area (Å²) in [5.41, 5.74) is 4.40. The number of amides is 4. The summed E-state index contributed by atoms with van der Waals surface area (Å²) in [6.07, 6.45) is 4.31. The molecule has 0 saturated carbocycles. The number of halogens is 2. The first-order chi connectivity index (χ1) is 31.7. The fourth-order valence-corrected chi connectivity index (χ4v) is 10.5. The summed E-state index contributed by atoms with van der Waals surface area (Å²) in [5.74, 6) is 0.301. The number of carbonyl (C=O) groups is 4. The Morgan fingerprint density at radius 3 is 1.91 bits per heavy atom. The molecule has 66 heavy (non-hydrogen) atoms. The molecule has 0 spiro atoms. The molecule has 0 bridgehead atoms. The summed E-state index contributed by atoms with van der Waals surface area (Å²) in [7, 11) is 2.53. The average Bonchev–Trinajstić information content (AvgIpc) is 4.16. The Balaban J connectivity index is 1.02. The summed E-state index contributed by atoms with van der Waals surface area (Å²) >= 11 is 7.86. The van der Waals surface area contributed by atoms with Crippen LogP contribution in [0.5, 0.6) is 5.75 Å². The predicted octanol–water partition coefficient (Wildman–Crippen LogP) is 8.97. The van der Waals surface area contributed by atoms with Gasteiger partial charge in [-0.3, -0.25) is 14.2 Å². The Bertz CT molecular complexity index is 2830. The third kappa shape index (κ3) is 8.25. The number of aromatic amines is 2. The molecule has 4 N–H and O–H groups in total. The minimum Gasteiger partial charge on any atom is -0.464 e. The molecule has 1 unspecified atom stereocenters. The number of H-pyrrole nitrogens is 2. The summed E-state index contributed by atoms with van der Waals surface area (Å²) in [6, 6.07) is 12.7. The highest BCUT2D eigenvalue weighted by Crippen LogP contribution is 2.48. The van der Waals surface area contributed by atoms with E-state index in [2.05, 4.69) is 25.6 Å². The molecule has 3 aliphatic rings. The number of hydrogen-bond acceptors (Lipinski definition) is 10. The maximum Gasteiger partial charge on any atom is 0.407 e. The second kappa shape index (κ2) is 18.1. The number of nitrogens with one attached hydrogen (secondary N) is 4. The smallest absolute Gasteiger partial charge is 0.407 e. The van der Waals surface area contributed by atoms with E-state index < -0.39 is 36.3 Å². The van der Waals surface area contributed by atoms with Crippen molar-refractivity contribution in [2.75, 3.05) is 27.3 Å². The predicted molar refractivity (Wildman–Crippen MR) is 246 cm³/mol. The highest BCUT2D eigenvalue weighted by molar-refractivity contribution is 7.16. The molecular weight excluding hydrogens is 889 g/mol. The van der Waals surface area contributed by atoms with Gasteiger partial charge < -0.3 is 44.6 Å². The monoisotopic (exact) mass is 939 g/mol. The lowest BCUT2D eigenvalue weighted by Gasteiger charge is -2.30. The maximum atomic E-state index is 16.8. The lowest BCUT2D eigenvalue weighted by atomic mass is 10.0. The lowest BCUT2D eigenvalue weighted by molar-refractivity contribution is -0.136. The fourth-order valence-electron chi connectivity index (χ4n) is 9.44. The molecule has 2 aromatic carbocycles. The highest BCUT2D eigenvalue weighted by atomic mass is 35.5. The first kappa shape index (κ1) is 44.8. The standard InChI is InChI=1S/C47H51ClFN9O7S/c1-23(2)39(54-46(61)63-5)43(59)56-15-7-9-32(56)41-50-21-29(52-41)25-11-12-31-27(17-25)19-34-38-28(49)18-26(20-35(38)65-45(58(31)34)36-13-14-37(48)66-36)30-22-51-42(53-30)33-10-8-16-57(33)44(60)40(24(3)4)55-47(62)64-6/h11-14,17-24,32-33,39-40,45H,7-10,15-16H2,1-6H3,(H,50,52)(H,51,53)(H,54,61)(H,55,62)/t32-,33-,39-,40-,45?/m0/s1. The van der Waals surface area contributed by atoms with Crippen molar-refractivity contribution < 1.29 is 37.8 Å². The first-order valence-corrected chi connectivity index (χ1v) is 23.2. The van der Waals surface area contributed by atoms with Crippen LogP contribution < -0.4 is 15.4 Å². The number of aromatic nitrogens is 5. The quantitative estimate of drug-likeness (QED) is 0.0983. The molecular formula is C47H51ClFN9O7S. The molecule has 19 heteroatoms. The Morgan fingerprint density at radius 1 is 0.803 bits per heavy atom. The van der Waals surface area contributed by atoms with Gasteiger partial charge in [-0.05, 0) is 80.0 Å². The van der Waals surface area contributed by atoms with Gasteiger partial charge in [0.25, 0.3) is 0 Å². The van der Waals surface area contributed by atoms with Crippen LogP contribution in [0.2, 0.25) is 4.34 Å². The topological polar surface area (TPSA) is 189 Å². The number of benzene rings is 2. The maximum absolute atomic E-state index is 16.8. The van der Waals surface area contributed by atoms with Crippen molar-refractivity contribution >= 4 is 57.8 Å². The highest BCUT2D eigenvalue weighted by Gasteiger charge is 2.40. The molecule has 2 fully saturated rings. The van der Waals surface area contributed by atoms with E-state index >= 15 is 4.39 Å². The van der Waals surface area contributed by atoms with Gasteiger partial charge in [0.1, 0.15) is 35.3 Å². The van der Waals surface area contributed by atoms with Crippen LogP contribution in [0, 0.1) is 17.7 Å². The molecule has 4 aromatic heterocycles. The molecule has 7 heterocycles. The van der Waals surface area contributed by atoms with E-state index in [0.717, 1.165) is 39.9 Å². The lowest BCUT2D eigenvalue weighted by Crippen LogP contribution is -2.51. The zero-order valence-electron chi connectivity index (χ0n) is 37.3. The summed E-state index contributed by atoms with van der Waals surface area (Å²) in [6.45, 7) is 8.52. The Labute approximate surface area is 389 Å². The minimum absolute atomic E-state index is 0.157. The number of rotatable bonds is 11. The molecule has 9 rings (SSSR count). The third-order valence-electron chi connectivity index (χ3n) is 12.8. The number of fused-ring (bicyclic) bond motifs is 5. The largest absolute Gasteiger partial charge is 0.464 e. The number of thiophene rings is 1. The van der Waals surface area contributed by atoms with Crippen LogP contribution in [0.4, 0.5) is 14.0 Å². The van der Waals surface area contributed by atoms with E-state index in [1.807, 2.05) is 68.7 Å². The number of carbonyl (C=O) groups excluding carboxylic acids is 4. The molecule has 0 aliphatic carbocycles. The zero-order valence-corrected chi connectivity index (χ0v) is 38.9. The molecule has 16 nitrogen and oxygen atoms in total. The Hall–Kier alpha value is -6.40. The van der Waals surface area contributed by atoms with Crippen molar-refractivity contribution in [3.05, 3.63) is 87.6 Å². The van der Waals surface area contributed by atoms with Gasteiger partial charge in [0.15, 0.2) is 0 Å². The number of alkyl carbamates (subject to hydrolysis) is 2. The molecule has 4 amide bonds. The van der Waals surface area contributed by atoms with Crippen LogP contribution in [0.3, 0.4) is 0 Å². The van der Waals surface area contributed by atoms with Crippen molar-refractivity contribution in [3.8, 4) is 39.5 Å². The SMILES string of the molecule is COC(=O)N[C@H](C(=O)N1CCC[C@H]1c1ncc(-c2cc(F)c3c(c2)OC(c2ccc(Cl)s2)n2c-3cc3cc(-c4cnc([C@@H]5CCCN5C(=O)[C@@H](NC(=O)OC)C(C)C)[nH]4)ccc32)[nH]1)C(C)C. The number of methoxy groups -OCH3 is 2. The average molecular weight is 940 g/mol. The van der Waals surface area contributed by atoms with E-state index in [1.165, 1.54) is 31.6 Å². The van der Waals surface area contributed by atoms with Gasteiger partial charge in [-0.25, -0.2) is 23.9 Å². The number of nitrogens with zero attached hydrogens (tertiary/aromatic N) is 5. The van der Waals surface area contributed by atoms with E-state index in [1.54, 1.807) is 28.3 Å². The number of imidazole rings is 2. The Morgan fingerprint density at radius 2 is 1.38 bits per heavy atom. The van der Waals surface area contributed by atoms with Crippen LogP contribution >= 0.6 is 22.9 Å². The summed E-state index contributed by atoms with van der Waals surface area (Å²) in [4.78, 5) is 72.3. The van der Waals surface area contributed by atoms with E-state index in [4.69, 9.17) is 30.8 Å². The van der Waals surface area contributed by atoms with Crippen LogP contribution in [-0.2, 0) is 19.1 Å². The normalized spacial score (nSPS) is 18.8. The number of likely N-dealkylation sites (tertiary alicyclic amines) is 2. The van der Waals surface area contributed by atoms with Crippen molar-refractivity contribution in [2.24, 2.45) is 11.8 Å². The van der Waals surface area contributed by atoms with Gasteiger partial charge in [-0.2, -0.15) is 0 Å². The Kier molecular flexibility index (Phi) is 12.3. The second-order valence-corrected chi connectivity index (χ2v) is 19.3. The first-order valence-electron chi connectivity index (χ1n) is 22.1. The summed E-state index contributed by atoms with van der Waals surface area (Å²) < 4.78 is 35.7. The second-order valence-electron chi connectivity index (χ2n) is 17.6. The van der Waals surface area contributed by atoms with Gasteiger partial charge in [-0.1, -0.05) is 45.4 Å². The minimum atomic E-state index is -0.777.